The minimum atomic E-state index is -0.211. The fourth-order valence-corrected chi connectivity index (χ4v) is 2.33. The van der Waals surface area contributed by atoms with Gasteiger partial charge in [-0.1, -0.05) is 12.1 Å². The maximum Gasteiger partial charge on any atom is 0.236 e. The third-order valence-corrected chi connectivity index (χ3v) is 3.49. The van der Waals surface area contributed by atoms with Crippen LogP contribution >= 0.6 is 0 Å². The number of nitrogens with zero attached hydrogens (tertiary/aromatic N) is 1. The van der Waals surface area contributed by atoms with Crippen LogP contribution in [-0.2, 0) is 11.2 Å². The molecule has 0 aliphatic carbocycles. The molecule has 0 atom stereocenters. The van der Waals surface area contributed by atoms with E-state index in [-0.39, 0.29) is 11.7 Å². The highest BCUT2D eigenvalue weighted by Gasteiger charge is 2.15. The monoisotopic (exact) mass is 264 g/mol. The maximum atomic E-state index is 12.7. The van der Waals surface area contributed by atoms with Crippen LogP contribution in [0, 0.1) is 5.82 Å². The van der Waals surface area contributed by atoms with Gasteiger partial charge in [0.05, 0.1) is 6.54 Å². The smallest absolute Gasteiger partial charge is 0.236 e. The largest absolute Gasteiger partial charge is 0.342 e. The standard InChI is InChI=1S/C15H21FN2O/c16-14-6-4-13(5-7-14)8-9-17-12-15(19)18-10-2-1-3-11-18/h4-7,17H,1-3,8-12H2. The lowest BCUT2D eigenvalue weighted by atomic mass is 10.1. The first-order valence-electron chi connectivity index (χ1n) is 6.98. The molecule has 0 saturated carbocycles. The highest BCUT2D eigenvalue weighted by atomic mass is 19.1. The van der Waals surface area contributed by atoms with Crippen molar-refractivity contribution in [2.75, 3.05) is 26.2 Å². The van der Waals surface area contributed by atoms with Crippen molar-refractivity contribution in [3.8, 4) is 0 Å². The summed E-state index contributed by atoms with van der Waals surface area (Å²) in [5.41, 5.74) is 1.08. The highest BCUT2D eigenvalue weighted by molar-refractivity contribution is 5.78. The molecule has 4 heteroatoms. The van der Waals surface area contributed by atoms with E-state index < -0.39 is 0 Å². The van der Waals surface area contributed by atoms with Gasteiger partial charge in [-0.15, -0.1) is 0 Å². The van der Waals surface area contributed by atoms with E-state index in [1.54, 1.807) is 12.1 Å². The lowest BCUT2D eigenvalue weighted by molar-refractivity contribution is -0.131. The lowest BCUT2D eigenvalue weighted by Crippen LogP contribution is -2.41. The van der Waals surface area contributed by atoms with E-state index in [4.69, 9.17) is 0 Å². The second kappa shape index (κ2) is 7.24. The van der Waals surface area contributed by atoms with Crippen LogP contribution in [0.1, 0.15) is 24.8 Å². The molecule has 1 aliphatic rings. The molecule has 1 amide bonds. The van der Waals surface area contributed by atoms with Gasteiger partial charge in [-0.25, -0.2) is 4.39 Å². The molecule has 1 saturated heterocycles. The Balaban J connectivity index is 1.63. The number of nitrogens with one attached hydrogen (secondary N) is 1. The van der Waals surface area contributed by atoms with E-state index in [0.29, 0.717) is 6.54 Å². The van der Waals surface area contributed by atoms with Gasteiger partial charge < -0.3 is 10.2 Å². The van der Waals surface area contributed by atoms with Gasteiger partial charge in [0.1, 0.15) is 5.82 Å². The first-order valence-corrected chi connectivity index (χ1v) is 6.98. The first kappa shape index (κ1) is 14.0. The van der Waals surface area contributed by atoms with E-state index in [1.807, 2.05) is 4.90 Å². The number of piperidine rings is 1. The molecule has 0 spiro atoms. The zero-order valence-corrected chi connectivity index (χ0v) is 11.2. The molecule has 0 aromatic heterocycles. The number of rotatable bonds is 5. The third-order valence-electron chi connectivity index (χ3n) is 3.49. The Morgan fingerprint density at radius 2 is 1.84 bits per heavy atom. The van der Waals surface area contributed by atoms with Crippen LogP contribution in [0.3, 0.4) is 0 Å². The molecule has 1 heterocycles. The number of hydrogen-bond donors (Lipinski definition) is 1. The van der Waals surface area contributed by atoms with Crippen LogP contribution < -0.4 is 5.32 Å². The molecule has 1 fully saturated rings. The number of carbonyl (C=O) groups is 1. The molecule has 0 bridgehead atoms. The number of benzene rings is 1. The van der Waals surface area contributed by atoms with Crippen LogP contribution in [0.2, 0.25) is 0 Å². The summed E-state index contributed by atoms with van der Waals surface area (Å²) in [7, 11) is 0. The second-order valence-electron chi connectivity index (χ2n) is 4.99. The van der Waals surface area contributed by atoms with E-state index in [9.17, 15) is 9.18 Å². The zero-order chi connectivity index (χ0) is 13.5. The molecule has 1 aliphatic heterocycles. The van der Waals surface area contributed by atoms with Gasteiger partial charge in [0.15, 0.2) is 0 Å². The maximum absolute atomic E-state index is 12.7. The third kappa shape index (κ3) is 4.63. The van der Waals surface area contributed by atoms with Crippen LogP contribution in [-0.4, -0.2) is 37.0 Å². The fraction of sp³-hybridized carbons (Fsp3) is 0.533. The molecule has 3 nitrogen and oxygen atoms in total. The van der Waals surface area contributed by atoms with Gasteiger partial charge in [-0.05, 0) is 49.9 Å². The van der Waals surface area contributed by atoms with Crippen LogP contribution in [0.5, 0.6) is 0 Å². The normalized spacial score (nSPS) is 15.5. The number of carbonyl (C=O) groups excluding carboxylic acids is 1. The van der Waals surface area contributed by atoms with E-state index in [0.717, 1.165) is 44.5 Å². The van der Waals surface area contributed by atoms with Crippen LogP contribution in [0.15, 0.2) is 24.3 Å². The highest BCUT2D eigenvalue weighted by Crippen LogP contribution is 2.08. The lowest BCUT2D eigenvalue weighted by Gasteiger charge is -2.26. The first-order chi connectivity index (χ1) is 9.25. The summed E-state index contributed by atoms with van der Waals surface area (Å²) in [6.45, 7) is 2.95. The van der Waals surface area contributed by atoms with E-state index in [2.05, 4.69) is 5.32 Å². The predicted molar refractivity (Wildman–Crippen MR) is 73.4 cm³/mol. The fourth-order valence-electron chi connectivity index (χ4n) is 2.33. The quantitative estimate of drug-likeness (QED) is 0.825. The Labute approximate surface area is 113 Å². The Hall–Kier alpha value is -1.42. The van der Waals surface area contributed by atoms with Gasteiger partial charge in [0.2, 0.25) is 5.91 Å². The van der Waals surface area contributed by atoms with Crippen molar-refractivity contribution in [1.82, 2.24) is 10.2 Å². The van der Waals surface area contributed by atoms with Crippen molar-refractivity contribution in [3.63, 3.8) is 0 Å². The number of hydrogen-bond acceptors (Lipinski definition) is 2. The minimum Gasteiger partial charge on any atom is -0.342 e. The molecule has 104 valence electrons. The van der Waals surface area contributed by atoms with Gasteiger partial charge in [0.25, 0.3) is 0 Å². The predicted octanol–water partition coefficient (Wildman–Crippen LogP) is 1.97. The molecule has 1 aromatic rings. The summed E-state index contributed by atoms with van der Waals surface area (Å²) >= 11 is 0. The van der Waals surface area contributed by atoms with Gasteiger partial charge >= 0.3 is 0 Å². The van der Waals surface area contributed by atoms with Gasteiger partial charge in [-0.2, -0.15) is 0 Å². The van der Waals surface area contributed by atoms with Crippen molar-refractivity contribution in [2.24, 2.45) is 0 Å². The topological polar surface area (TPSA) is 32.3 Å². The van der Waals surface area contributed by atoms with Crippen molar-refractivity contribution in [1.29, 1.82) is 0 Å². The van der Waals surface area contributed by atoms with Crippen molar-refractivity contribution >= 4 is 5.91 Å². The van der Waals surface area contributed by atoms with Crippen molar-refractivity contribution < 1.29 is 9.18 Å². The molecule has 0 radical (unpaired) electrons. The summed E-state index contributed by atoms with van der Waals surface area (Å²) < 4.78 is 12.7. The molecule has 19 heavy (non-hydrogen) atoms. The SMILES string of the molecule is O=C(CNCCc1ccc(F)cc1)N1CCCCC1. The molecule has 1 N–H and O–H groups in total. The number of likely N-dealkylation sites (tertiary alicyclic amines) is 1. The summed E-state index contributed by atoms with van der Waals surface area (Å²) in [4.78, 5) is 13.8. The summed E-state index contributed by atoms with van der Waals surface area (Å²) in [6, 6.07) is 6.50. The summed E-state index contributed by atoms with van der Waals surface area (Å²) in [5.74, 6) is -0.0178. The number of amides is 1. The summed E-state index contributed by atoms with van der Waals surface area (Å²) in [5, 5.41) is 3.16. The van der Waals surface area contributed by atoms with Crippen molar-refractivity contribution in [3.05, 3.63) is 35.6 Å². The Kier molecular flexibility index (Phi) is 5.33. The average Bonchev–Trinajstić information content (AvgIpc) is 2.46. The number of halogens is 1. The Morgan fingerprint density at radius 3 is 2.53 bits per heavy atom. The molecule has 0 unspecified atom stereocenters. The van der Waals surface area contributed by atoms with Crippen LogP contribution in [0.25, 0.3) is 0 Å². The zero-order valence-electron chi connectivity index (χ0n) is 11.2. The summed E-state index contributed by atoms with van der Waals surface area (Å²) in [6.07, 6.45) is 4.30. The van der Waals surface area contributed by atoms with E-state index in [1.165, 1.54) is 18.6 Å². The van der Waals surface area contributed by atoms with Gasteiger partial charge in [0, 0.05) is 13.1 Å². The molecular formula is C15H21FN2O. The Morgan fingerprint density at radius 1 is 1.16 bits per heavy atom. The second-order valence-corrected chi connectivity index (χ2v) is 4.99. The minimum absolute atomic E-state index is 0.193. The molecular weight excluding hydrogens is 243 g/mol. The van der Waals surface area contributed by atoms with Crippen molar-refractivity contribution in [2.45, 2.75) is 25.7 Å². The van der Waals surface area contributed by atoms with Crippen LogP contribution in [0.4, 0.5) is 4.39 Å². The average molecular weight is 264 g/mol. The molecule has 1 aromatic carbocycles. The van der Waals surface area contributed by atoms with Gasteiger partial charge in [-0.3, -0.25) is 4.79 Å². The van der Waals surface area contributed by atoms with E-state index >= 15 is 0 Å². The Bertz CT molecular complexity index is 399. The molecule has 2 rings (SSSR count).